The van der Waals surface area contributed by atoms with Crippen LogP contribution < -0.4 is 11.3 Å². The number of H-pyrrole nitrogens is 1. The molecule has 0 aliphatic heterocycles. The lowest BCUT2D eigenvalue weighted by molar-refractivity contribution is -0.306. The predicted molar refractivity (Wildman–Crippen MR) is 85.1 cm³/mol. The molecule has 1 aromatic carbocycles. The van der Waals surface area contributed by atoms with Crippen molar-refractivity contribution in [3.63, 3.8) is 0 Å². The highest BCUT2D eigenvalue weighted by atomic mass is 32.2. The number of imidazole rings is 1. The topological polar surface area (TPSA) is 110 Å². The van der Waals surface area contributed by atoms with Gasteiger partial charge in [0.15, 0.2) is 5.16 Å². The molecule has 0 aliphatic carbocycles. The number of benzene rings is 1. The SMILES string of the molecule is Cc1ccc2c(c1)c(Sc1ncc[nH]1)c(C)n2CC(=O)[O-].[NH4+]. The smallest absolute Gasteiger partial charge is 0.170 e. The maximum Gasteiger partial charge on any atom is 0.170 e. The highest BCUT2D eigenvalue weighted by molar-refractivity contribution is 7.99. The van der Waals surface area contributed by atoms with Gasteiger partial charge in [-0.25, -0.2) is 4.98 Å². The molecule has 0 spiro atoms. The number of carboxylic acid groups (broad SMARTS) is 1. The molecular weight excluding hydrogens is 300 g/mol. The average molecular weight is 318 g/mol. The number of carboxylic acids is 1. The molecule has 0 atom stereocenters. The second-order valence-electron chi connectivity index (χ2n) is 4.89. The summed E-state index contributed by atoms with van der Waals surface area (Å²) < 4.78 is 1.77. The van der Waals surface area contributed by atoms with E-state index in [0.29, 0.717) is 0 Å². The summed E-state index contributed by atoms with van der Waals surface area (Å²) in [5, 5.41) is 12.8. The minimum absolute atomic E-state index is 0. The van der Waals surface area contributed by atoms with E-state index >= 15 is 0 Å². The van der Waals surface area contributed by atoms with E-state index in [1.165, 1.54) is 11.8 Å². The Morgan fingerprint density at radius 1 is 1.41 bits per heavy atom. The minimum Gasteiger partial charge on any atom is -0.548 e. The molecule has 3 rings (SSSR count). The molecule has 0 bridgehead atoms. The fourth-order valence-corrected chi connectivity index (χ4v) is 3.40. The maximum absolute atomic E-state index is 11.0. The number of aromatic nitrogens is 3. The number of nitrogens with one attached hydrogen (secondary N) is 1. The molecule has 22 heavy (non-hydrogen) atoms. The van der Waals surface area contributed by atoms with Gasteiger partial charge in [0.05, 0.1) is 12.5 Å². The number of carbonyl (C=O) groups is 1. The highest BCUT2D eigenvalue weighted by Crippen LogP contribution is 2.37. The fraction of sp³-hybridized carbons (Fsp3) is 0.200. The van der Waals surface area contributed by atoms with Crippen molar-refractivity contribution in [3.05, 3.63) is 41.9 Å². The van der Waals surface area contributed by atoms with Gasteiger partial charge in [-0.1, -0.05) is 11.6 Å². The number of nitrogens with zero attached hydrogens (tertiary/aromatic N) is 2. The second-order valence-corrected chi connectivity index (χ2v) is 5.89. The van der Waals surface area contributed by atoms with Crippen LogP contribution in [0.5, 0.6) is 0 Å². The van der Waals surface area contributed by atoms with Crippen molar-refractivity contribution in [2.24, 2.45) is 0 Å². The van der Waals surface area contributed by atoms with Crippen LogP contribution in [-0.4, -0.2) is 20.5 Å². The van der Waals surface area contributed by atoms with Crippen molar-refractivity contribution in [2.45, 2.75) is 30.4 Å². The number of hydrogen-bond donors (Lipinski definition) is 2. The van der Waals surface area contributed by atoms with Crippen LogP contribution in [0.4, 0.5) is 0 Å². The van der Waals surface area contributed by atoms with E-state index in [0.717, 1.165) is 32.2 Å². The number of aliphatic carboxylic acids is 1. The van der Waals surface area contributed by atoms with E-state index in [4.69, 9.17) is 0 Å². The maximum atomic E-state index is 11.0. The third-order valence-corrected chi connectivity index (χ3v) is 4.52. The van der Waals surface area contributed by atoms with Crippen LogP contribution in [0.25, 0.3) is 10.9 Å². The summed E-state index contributed by atoms with van der Waals surface area (Å²) >= 11 is 1.51. The Labute approximate surface area is 132 Å². The normalized spacial score (nSPS) is 10.6. The lowest BCUT2D eigenvalue weighted by atomic mass is 10.2. The zero-order valence-electron chi connectivity index (χ0n) is 12.7. The Morgan fingerprint density at radius 3 is 2.82 bits per heavy atom. The molecule has 6 nitrogen and oxygen atoms in total. The number of aryl methyl sites for hydroxylation is 1. The third kappa shape index (κ3) is 2.86. The van der Waals surface area contributed by atoms with Gasteiger partial charge < -0.3 is 25.6 Å². The number of aromatic amines is 1. The van der Waals surface area contributed by atoms with Gasteiger partial charge in [-0.2, -0.15) is 0 Å². The quantitative estimate of drug-likeness (QED) is 0.768. The molecule has 0 fully saturated rings. The summed E-state index contributed by atoms with van der Waals surface area (Å²) in [6.07, 6.45) is 3.46. The van der Waals surface area contributed by atoms with E-state index < -0.39 is 5.97 Å². The lowest BCUT2D eigenvalue weighted by Crippen LogP contribution is -2.27. The van der Waals surface area contributed by atoms with Crippen LogP contribution >= 0.6 is 11.8 Å². The Balaban J connectivity index is 0.00000176. The zero-order valence-corrected chi connectivity index (χ0v) is 13.5. The molecule has 5 N–H and O–H groups in total. The van der Waals surface area contributed by atoms with Gasteiger partial charge in [-0.3, -0.25) is 0 Å². The largest absolute Gasteiger partial charge is 0.548 e. The van der Waals surface area contributed by atoms with Gasteiger partial charge in [0.2, 0.25) is 0 Å². The molecule has 0 saturated heterocycles. The Hall–Kier alpha value is -2.25. The summed E-state index contributed by atoms with van der Waals surface area (Å²) in [7, 11) is 0. The molecule has 7 heteroatoms. The van der Waals surface area contributed by atoms with Crippen molar-refractivity contribution in [3.8, 4) is 0 Å². The molecule has 2 aromatic heterocycles. The van der Waals surface area contributed by atoms with E-state index in [1.54, 1.807) is 17.0 Å². The molecule has 0 saturated carbocycles. The van der Waals surface area contributed by atoms with Crippen LogP contribution in [0.1, 0.15) is 11.3 Å². The Bertz CT molecular complexity index is 809. The highest BCUT2D eigenvalue weighted by Gasteiger charge is 2.16. The van der Waals surface area contributed by atoms with Crippen LogP contribution in [0, 0.1) is 13.8 Å². The summed E-state index contributed by atoms with van der Waals surface area (Å²) in [6, 6.07) is 6.00. The minimum atomic E-state index is -1.09. The lowest BCUT2D eigenvalue weighted by Gasteiger charge is -2.09. The van der Waals surface area contributed by atoms with Crippen molar-refractivity contribution in [1.82, 2.24) is 20.7 Å². The third-order valence-electron chi connectivity index (χ3n) is 3.38. The van der Waals surface area contributed by atoms with Crippen LogP contribution in [-0.2, 0) is 11.3 Å². The molecule has 116 valence electrons. The first kappa shape index (κ1) is 16.1. The summed E-state index contributed by atoms with van der Waals surface area (Å²) in [6.45, 7) is 3.79. The van der Waals surface area contributed by atoms with Crippen LogP contribution in [0.3, 0.4) is 0 Å². The van der Waals surface area contributed by atoms with Gasteiger partial charge in [-0.05, 0) is 37.7 Å². The first-order valence-corrected chi connectivity index (χ1v) is 7.34. The van der Waals surface area contributed by atoms with Crippen molar-refractivity contribution < 1.29 is 9.90 Å². The van der Waals surface area contributed by atoms with Crippen LogP contribution in [0.15, 0.2) is 40.6 Å². The summed E-state index contributed by atoms with van der Waals surface area (Å²) in [4.78, 5) is 19.3. The summed E-state index contributed by atoms with van der Waals surface area (Å²) in [5.41, 5.74) is 2.94. The molecule has 0 unspecified atom stereocenters. The van der Waals surface area contributed by atoms with E-state index in [-0.39, 0.29) is 12.7 Å². The number of hydrogen-bond acceptors (Lipinski definition) is 4. The van der Waals surface area contributed by atoms with Crippen LogP contribution in [0.2, 0.25) is 0 Å². The second kappa shape index (κ2) is 6.25. The monoisotopic (exact) mass is 318 g/mol. The number of quaternary nitrogens is 1. The molecular formula is C15H18N4O2S. The fourth-order valence-electron chi connectivity index (χ4n) is 2.43. The standard InChI is InChI=1S/C15H15N3O2S.H3N/c1-9-3-4-12-11(7-9)14(21-15-16-5-6-17-15)10(2)18(12)8-13(19)20;/h3-7H,8H2,1-2H3,(H,16,17)(H,19,20);1H3. The van der Waals surface area contributed by atoms with Gasteiger partial charge in [0, 0.05) is 33.9 Å². The molecule has 2 heterocycles. The van der Waals surface area contributed by atoms with Gasteiger partial charge in [0.1, 0.15) is 0 Å². The first-order chi connectivity index (χ1) is 10.1. The molecule has 0 radical (unpaired) electrons. The Morgan fingerprint density at radius 2 is 2.18 bits per heavy atom. The molecule has 0 aliphatic rings. The first-order valence-electron chi connectivity index (χ1n) is 6.53. The van der Waals surface area contributed by atoms with E-state index in [9.17, 15) is 9.90 Å². The van der Waals surface area contributed by atoms with Crippen molar-refractivity contribution in [2.75, 3.05) is 0 Å². The average Bonchev–Trinajstić information content (AvgIpc) is 3.01. The van der Waals surface area contributed by atoms with E-state index in [1.807, 2.05) is 26.0 Å². The summed E-state index contributed by atoms with van der Waals surface area (Å²) in [5.74, 6) is -1.09. The van der Waals surface area contributed by atoms with Gasteiger partial charge in [-0.15, -0.1) is 0 Å². The van der Waals surface area contributed by atoms with E-state index in [2.05, 4.69) is 16.0 Å². The number of rotatable bonds is 4. The van der Waals surface area contributed by atoms with Gasteiger partial charge >= 0.3 is 0 Å². The van der Waals surface area contributed by atoms with Crippen molar-refractivity contribution >= 4 is 28.6 Å². The molecule has 0 amide bonds. The van der Waals surface area contributed by atoms with Gasteiger partial charge in [0.25, 0.3) is 0 Å². The van der Waals surface area contributed by atoms with Crippen molar-refractivity contribution in [1.29, 1.82) is 0 Å². The Kier molecular flexibility index (Phi) is 4.58. The molecule has 3 aromatic rings. The number of carbonyl (C=O) groups excluding carboxylic acids is 1. The number of fused-ring (bicyclic) bond motifs is 1. The zero-order chi connectivity index (χ0) is 15.0. The predicted octanol–water partition coefficient (Wildman–Crippen LogP) is 2.26.